The van der Waals surface area contributed by atoms with Crippen LogP contribution in [0.1, 0.15) is 6.42 Å². The molecule has 1 N–H and O–H groups in total. The van der Waals surface area contributed by atoms with E-state index in [9.17, 15) is 9.50 Å². The number of halogens is 2. The third-order valence-electron chi connectivity index (χ3n) is 2.41. The normalized spacial score (nSPS) is 21.6. The Morgan fingerprint density at radius 2 is 2.29 bits per heavy atom. The molecule has 1 heterocycles. The lowest BCUT2D eigenvalue weighted by Gasteiger charge is -2.18. The van der Waals surface area contributed by atoms with E-state index in [1.165, 1.54) is 6.07 Å². The second kappa shape index (κ2) is 3.87. The van der Waals surface area contributed by atoms with E-state index in [0.717, 1.165) is 17.4 Å². The lowest BCUT2D eigenvalue weighted by atomic mass is 10.3. The van der Waals surface area contributed by atoms with Crippen molar-refractivity contribution in [3.05, 3.63) is 28.5 Å². The highest BCUT2D eigenvalue weighted by Crippen LogP contribution is 2.26. The van der Waals surface area contributed by atoms with Gasteiger partial charge in [0.15, 0.2) is 0 Å². The van der Waals surface area contributed by atoms with Gasteiger partial charge in [0, 0.05) is 17.6 Å². The van der Waals surface area contributed by atoms with Crippen LogP contribution in [0.3, 0.4) is 0 Å². The fraction of sp³-hybridized carbons (Fsp3) is 0.400. The average Bonchev–Trinajstić information content (AvgIpc) is 2.51. The lowest BCUT2D eigenvalue weighted by Crippen LogP contribution is -2.22. The van der Waals surface area contributed by atoms with Crippen molar-refractivity contribution in [2.45, 2.75) is 12.5 Å². The highest BCUT2D eigenvalue weighted by atomic mass is 79.9. The fourth-order valence-electron chi connectivity index (χ4n) is 1.70. The van der Waals surface area contributed by atoms with E-state index in [4.69, 9.17) is 0 Å². The van der Waals surface area contributed by atoms with Crippen LogP contribution in [0, 0.1) is 5.82 Å². The van der Waals surface area contributed by atoms with Gasteiger partial charge in [-0.1, -0.05) is 15.9 Å². The minimum absolute atomic E-state index is 0.242. The summed E-state index contributed by atoms with van der Waals surface area (Å²) in [6.07, 6.45) is 0.397. The van der Waals surface area contributed by atoms with Crippen molar-refractivity contribution >= 4 is 21.6 Å². The molecular weight excluding hydrogens is 249 g/mol. The molecule has 1 aliphatic heterocycles. The first-order chi connectivity index (χ1) is 6.66. The molecule has 0 unspecified atom stereocenters. The summed E-state index contributed by atoms with van der Waals surface area (Å²) in [5.74, 6) is -0.242. The molecule has 2 rings (SSSR count). The Morgan fingerprint density at radius 3 is 2.86 bits per heavy atom. The maximum atomic E-state index is 13.5. The summed E-state index contributed by atoms with van der Waals surface area (Å²) in [7, 11) is 0. The zero-order chi connectivity index (χ0) is 10.1. The second-order valence-electron chi connectivity index (χ2n) is 3.48. The SMILES string of the molecule is O[C@H]1CCN(c2ccc(Br)cc2F)C1. The van der Waals surface area contributed by atoms with E-state index >= 15 is 0 Å². The van der Waals surface area contributed by atoms with Gasteiger partial charge in [-0.25, -0.2) is 4.39 Å². The number of anilines is 1. The molecule has 4 heteroatoms. The van der Waals surface area contributed by atoms with Gasteiger partial charge in [0.1, 0.15) is 5.82 Å². The van der Waals surface area contributed by atoms with Gasteiger partial charge in [0.05, 0.1) is 11.8 Å². The third kappa shape index (κ3) is 1.91. The number of β-amino-alcohol motifs (C(OH)–C–C–N with tert-alkyl or cyclic N) is 1. The number of hydrogen-bond acceptors (Lipinski definition) is 2. The zero-order valence-electron chi connectivity index (χ0n) is 7.58. The van der Waals surface area contributed by atoms with Crippen LogP contribution in [0.2, 0.25) is 0 Å². The first-order valence-corrected chi connectivity index (χ1v) is 5.34. The van der Waals surface area contributed by atoms with Crippen molar-refractivity contribution in [2.75, 3.05) is 18.0 Å². The molecule has 1 fully saturated rings. The standard InChI is InChI=1S/C10H11BrFNO/c11-7-1-2-10(9(12)5-7)13-4-3-8(14)6-13/h1-2,5,8,14H,3-4,6H2/t8-/m0/s1. The molecule has 1 atom stereocenters. The largest absolute Gasteiger partial charge is 0.391 e. The van der Waals surface area contributed by atoms with Crippen LogP contribution in [-0.4, -0.2) is 24.3 Å². The second-order valence-corrected chi connectivity index (χ2v) is 4.40. The highest BCUT2D eigenvalue weighted by Gasteiger charge is 2.22. The van der Waals surface area contributed by atoms with Gasteiger partial charge < -0.3 is 10.0 Å². The summed E-state index contributed by atoms with van der Waals surface area (Å²) in [6.45, 7) is 1.25. The number of nitrogens with zero attached hydrogens (tertiary/aromatic N) is 1. The molecule has 0 saturated carbocycles. The zero-order valence-corrected chi connectivity index (χ0v) is 9.17. The Kier molecular flexibility index (Phi) is 2.74. The summed E-state index contributed by atoms with van der Waals surface area (Å²) in [6, 6.07) is 4.99. The van der Waals surface area contributed by atoms with Gasteiger partial charge in [-0.15, -0.1) is 0 Å². The van der Waals surface area contributed by atoms with Gasteiger partial charge in [-0.05, 0) is 24.6 Å². The van der Waals surface area contributed by atoms with E-state index in [1.54, 1.807) is 6.07 Å². The predicted molar refractivity (Wildman–Crippen MR) is 56.9 cm³/mol. The summed E-state index contributed by atoms with van der Waals surface area (Å²) >= 11 is 3.21. The fourth-order valence-corrected chi connectivity index (χ4v) is 2.03. The minimum atomic E-state index is -0.321. The van der Waals surface area contributed by atoms with Crippen LogP contribution >= 0.6 is 15.9 Å². The maximum absolute atomic E-state index is 13.5. The molecule has 0 bridgehead atoms. The molecule has 1 aromatic rings. The topological polar surface area (TPSA) is 23.5 Å². The molecule has 0 aromatic heterocycles. The Morgan fingerprint density at radius 1 is 1.50 bits per heavy atom. The first-order valence-electron chi connectivity index (χ1n) is 4.55. The van der Waals surface area contributed by atoms with Gasteiger partial charge >= 0.3 is 0 Å². The summed E-state index contributed by atoms with van der Waals surface area (Å²) in [5.41, 5.74) is 0.574. The molecule has 0 radical (unpaired) electrons. The van der Waals surface area contributed by atoms with Crippen molar-refractivity contribution in [1.29, 1.82) is 0 Å². The highest BCUT2D eigenvalue weighted by molar-refractivity contribution is 9.10. The predicted octanol–water partition coefficient (Wildman–Crippen LogP) is 2.16. The van der Waals surface area contributed by atoms with E-state index in [2.05, 4.69) is 15.9 Å². The van der Waals surface area contributed by atoms with Crippen molar-refractivity contribution in [1.82, 2.24) is 0 Å². The molecule has 0 spiro atoms. The maximum Gasteiger partial charge on any atom is 0.147 e. The Balaban J connectivity index is 2.24. The lowest BCUT2D eigenvalue weighted by molar-refractivity contribution is 0.198. The quantitative estimate of drug-likeness (QED) is 0.836. The molecule has 76 valence electrons. The summed E-state index contributed by atoms with van der Waals surface area (Å²) in [4.78, 5) is 1.87. The van der Waals surface area contributed by atoms with Crippen LogP contribution in [0.5, 0.6) is 0 Å². The van der Waals surface area contributed by atoms with Crippen molar-refractivity contribution < 1.29 is 9.50 Å². The molecule has 1 aliphatic rings. The molecule has 1 aromatic carbocycles. The van der Waals surface area contributed by atoms with Crippen LogP contribution < -0.4 is 4.90 Å². The van der Waals surface area contributed by atoms with E-state index in [0.29, 0.717) is 12.2 Å². The summed E-state index contributed by atoms with van der Waals surface area (Å²) in [5, 5.41) is 9.33. The smallest absolute Gasteiger partial charge is 0.147 e. The molecular formula is C10H11BrFNO. The van der Waals surface area contributed by atoms with Crippen molar-refractivity contribution in [3.8, 4) is 0 Å². The number of aliphatic hydroxyl groups excluding tert-OH is 1. The number of rotatable bonds is 1. The van der Waals surface area contributed by atoms with E-state index in [1.807, 2.05) is 11.0 Å². The van der Waals surface area contributed by atoms with Gasteiger partial charge in [-0.2, -0.15) is 0 Å². The van der Waals surface area contributed by atoms with Crippen LogP contribution in [0.25, 0.3) is 0 Å². The molecule has 1 saturated heterocycles. The number of benzene rings is 1. The van der Waals surface area contributed by atoms with Crippen molar-refractivity contribution in [3.63, 3.8) is 0 Å². The van der Waals surface area contributed by atoms with Crippen molar-refractivity contribution in [2.24, 2.45) is 0 Å². The monoisotopic (exact) mass is 259 g/mol. The van der Waals surface area contributed by atoms with Gasteiger partial charge in [-0.3, -0.25) is 0 Å². The van der Waals surface area contributed by atoms with Crippen LogP contribution in [0.4, 0.5) is 10.1 Å². The van der Waals surface area contributed by atoms with E-state index < -0.39 is 0 Å². The average molecular weight is 260 g/mol. The minimum Gasteiger partial charge on any atom is -0.391 e. The van der Waals surface area contributed by atoms with Crippen LogP contribution in [-0.2, 0) is 0 Å². The Labute approximate surface area is 90.5 Å². The van der Waals surface area contributed by atoms with Gasteiger partial charge in [0.25, 0.3) is 0 Å². The summed E-state index contributed by atoms with van der Waals surface area (Å²) < 4.78 is 14.2. The third-order valence-corrected chi connectivity index (χ3v) is 2.91. The Bertz CT molecular complexity index is 345. The van der Waals surface area contributed by atoms with Gasteiger partial charge in [0.2, 0.25) is 0 Å². The number of hydrogen-bond donors (Lipinski definition) is 1. The molecule has 14 heavy (non-hydrogen) atoms. The first kappa shape index (κ1) is 9.93. The number of aliphatic hydroxyl groups is 1. The molecule has 0 amide bonds. The molecule has 2 nitrogen and oxygen atoms in total. The van der Waals surface area contributed by atoms with Crippen LogP contribution in [0.15, 0.2) is 22.7 Å². The van der Waals surface area contributed by atoms with E-state index in [-0.39, 0.29) is 11.9 Å². The Hall–Kier alpha value is -0.610. The molecule has 0 aliphatic carbocycles.